The normalized spacial score (nSPS) is 11.5. The zero-order valence-corrected chi connectivity index (χ0v) is 10.5. The third-order valence-corrected chi connectivity index (χ3v) is 2.81. The summed E-state index contributed by atoms with van der Waals surface area (Å²) in [6.45, 7) is 0.758. The average Bonchev–Trinajstić information content (AvgIpc) is 2.22. The number of aliphatic imine (C=N–C) groups is 1. The standard InChI is InChI=1S/C9H12BrN3S/c1-11-9(14-2)13-6-7-3-4-8(10)12-5-7/h3-5H,6H2,1-2H3,(H,11,13). The van der Waals surface area contributed by atoms with Crippen LogP contribution in [0.15, 0.2) is 27.9 Å². The van der Waals surface area contributed by atoms with Crippen LogP contribution in [0.5, 0.6) is 0 Å². The van der Waals surface area contributed by atoms with Crippen LogP contribution in [0.1, 0.15) is 5.56 Å². The van der Waals surface area contributed by atoms with Crippen molar-refractivity contribution in [2.24, 2.45) is 4.99 Å². The first-order valence-electron chi connectivity index (χ1n) is 4.11. The van der Waals surface area contributed by atoms with Crippen LogP contribution in [0, 0.1) is 0 Å². The number of hydrogen-bond acceptors (Lipinski definition) is 3. The van der Waals surface area contributed by atoms with Gasteiger partial charge in [0.1, 0.15) is 4.60 Å². The molecule has 0 bridgehead atoms. The Kier molecular flexibility index (Phi) is 4.97. The van der Waals surface area contributed by atoms with Gasteiger partial charge in [0.25, 0.3) is 0 Å². The number of halogens is 1. The molecule has 76 valence electrons. The summed E-state index contributed by atoms with van der Waals surface area (Å²) in [6.07, 6.45) is 3.83. The Morgan fingerprint density at radius 3 is 2.93 bits per heavy atom. The zero-order chi connectivity index (χ0) is 10.4. The average molecular weight is 274 g/mol. The number of amidine groups is 1. The predicted octanol–water partition coefficient (Wildman–Crippen LogP) is 2.28. The van der Waals surface area contributed by atoms with Crippen molar-refractivity contribution in [3.63, 3.8) is 0 Å². The summed E-state index contributed by atoms with van der Waals surface area (Å²) in [5.74, 6) is 0. The number of hydrogen-bond donors (Lipinski definition) is 1. The molecule has 0 atom stereocenters. The minimum atomic E-state index is 0.758. The van der Waals surface area contributed by atoms with Crippen LogP contribution >= 0.6 is 27.7 Å². The second kappa shape index (κ2) is 6.03. The summed E-state index contributed by atoms with van der Waals surface area (Å²) in [5, 5.41) is 4.15. The molecule has 0 aromatic carbocycles. The Hall–Kier alpha value is -0.550. The van der Waals surface area contributed by atoms with Gasteiger partial charge in [-0.1, -0.05) is 17.8 Å². The highest BCUT2D eigenvalue weighted by Crippen LogP contribution is 2.06. The molecule has 3 nitrogen and oxygen atoms in total. The minimum Gasteiger partial charge on any atom is -0.361 e. The van der Waals surface area contributed by atoms with Gasteiger partial charge in [0, 0.05) is 19.8 Å². The third-order valence-electron chi connectivity index (χ3n) is 1.63. The molecule has 1 aromatic heterocycles. The first-order chi connectivity index (χ1) is 6.76. The van der Waals surface area contributed by atoms with Gasteiger partial charge in [0.15, 0.2) is 5.17 Å². The smallest absolute Gasteiger partial charge is 0.156 e. The quantitative estimate of drug-likeness (QED) is 0.511. The molecule has 14 heavy (non-hydrogen) atoms. The summed E-state index contributed by atoms with van der Waals surface area (Å²) in [5.41, 5.74) is 1.14. The highest BCUT2D eigenvalue weighted by Gasteiger charge is 1.96. The van der Waals surface area contributed by atoms with Gasteiger partial charge in [0.05, 0.1) is 0 Å². The zero-order valence-electron chi connectivity index (χ0n) is 8.12. The van der Waals surface area contributed by atoms with E-state index in [0.717, 1.165) is 21.9 Å². The van der Waals surface area contributed by atoms with Crippen molar-refractivity contribution in [2.75, 3.05) is 13.3 Å². The number of thioether (sulfide) groups is 1. The second-order valence-electron chi connectivity index (χ2n) is 2.58. The van der Waals surface area contributed by atoms with Crippen LogP contribution in [-0.2, 0) is 6.54 Å². The number of nitrogens with zero attached hydrogens (tertiary/aromatic N) is 2. The maximum atomic E-state index is 4.14. The fraction of sp³-hybridized carbons (Fsp3) is 0.333. The topological polar surface area (TPSA) is 37.3 Å². The lowest BCUT2D eigenvalue weighted by atomic mass is 10.3. The Balaban J connectivity index is 2.49. The summed E-state index contributed by atoms with van der Waals surface area (Å²) < 4.78 is 0.857. The van der Waals surface area contributed by atoms with E-state index in [-0.39, 0.29) is 0 Å². The lowest BCUT2D eigenvalue weighted by molar-refractivity contribution is 0.914. The molecule has 1 heterocycles. The summed E-state index contributed by atoms with van der Waals surface area (Å²) in [4.78, 5) is 8.22. The lowest BCUT2D eigenvalue weighted by Gasteiger charge is -2.05. The van der Waals surface area contributed by atoms with Crippen LogP contribution in [0.4, 0.5) is 0 Å². The van der Waals surface area contributed by atoms with Crippen molar-refractivity contribution in [3.8, 4) is 0 Å². The minimum absolute atomic E-state index is 0.758. The van der Waals surface area contributed by atoms with Gasteiger partial charge in [-0.15, -0.1) is 0 Å². The highest BCUT2D eigenvalue weighted by molar-refractivity contribution is 9.10. The largest absolute Gasteiger partial charge is 0.361 e. The summed E-state index contributed by atoms with van der Waals surface area (Å²) in [7, 11) is 1.78. The van der Waals surface area contributed by atoms with Crippen molar-refractivity contribution < 1.29 is 0 Å². The molecule has 0 saturated heterocycles. The number of rotatable bonds is 2. The highest BCUT2D eigenvalue weighted by atomic mass is 79.9. The fourth-order valence-electron chi connectivity index (χ4n) is 0.931. The second-order valence-corrected chi connectivity index (χ2v) is 4.18. The van der Waals surface area contributed by atoms with Crippen molar-refractivity contribution >= 4 is 32.9 Å². The molecule has 0 radical (unpaired) electrons. The molecule has 0 aliphatic rings. The van der Waals surface area contributed by atoms with Crippen LogP contribution in [0.2, 0.25) is 0 Å². The molecule has 0 fully saturated rings. The van der Waals surface area contributed by atoms with Crippen LogP contribution in [-0.4, -0.2) is 23.5 Å². The molecule has 1 aromatic rings. The van der Waals surface area contributed by atoms with E-state index in [2.05, 4.69) is 31.2 Å². The SMILES string of the molecule is C/N=C(/NCc1ccc(Br)nc1)SC. The Labute approximate surface area is 96.5 Å². The molecule has 1 N–H and O–H groups in total. The molecule has 0 aliphatic carbocycles. The van der Waals surface area contributed by atoms with Crippen molar-refractivity contribution in [1.82, 2.24) is 10.3 Å². The molecule has 0 aliphatic heterocycles. The first-order valence-corrected chi connectivity index (χ1v) is 6.13. The van der Waals surface area contributed by atoms with Crippen molar-refractivity contribution in [3.05, 3.63) is 28.5 Å². The number of pyridine rings is 1. The molecule has 0 spiro atoms. The van der Waals surface area contributed by atoms with Gasteiger partial charge in [0.2, 0.25) is 0 Å². The third kappa shape index (κ3) is 3.67. The number of aromatic nitrogens is 1. The molecular weight excluding hydrogens is 262 g/mol. The monoisotopic (exact) mass is 273 g/mol. The van der Waals surface area contributed by atoms with E-state index in [9.17, 15) is 0 Å². The molecule has 5 heteroatoms. The Bertz CT molecular complexity index is 310. The van der Waals surface area contributed by atoms with E-state index in [1.54, 1.807) is 18.8 Å². The van der Waals surface area contributed by atoms with Gasteiger partial charge in [-0.05, 0) is 33.8 Å². The molecule has 0 unspecified atom stereocenters. The number of nitrogens with one attached hydrogen (secondary N) is 1. The van der Waals surface area contributed by atoms with Crippen LogP contribution < -0.4 is 5.32 Å². The van der Waals surface area contributed by atoms with Crippen molar-refractivity contribution in [2.45, 2.75) is 6.54 Å². The van der Waals surface area contributed by atoms with E-state index in [1.165, 1.54) is 0 Å². The van der Waals surface area contributed by atoms with E-state index >= 15 is 0 Å². The van der Waals surface area contributed by atoms with E-state index in [0.29, 0.717) is 0 Å². The summed E-state index contributed by atoms with van der Waals surface area (Å²) >= 11 is 4.89. The molecule has 1 rings (SSSR count). The van der Waals surface area contributed by atoms with Gasteiger partial charge in [-0.25, -0.2) is 4.98 Å². The lowest BCUT2D eigenvalue weighted by Crippen LogP contribution is -2.19. The van der Waals surface area contributed by atoms with Gasteiger partial charge in [-0.3, -0.25) is 4.99 Å². The van der Waals surface area contributed by atoms with Gasteiger partial charge >= 0.3 is 0 Å². The maximum absolute atomic E-state index is 4.14. The summed E-state index contributed by atoms with van der Waals surface area (Å²) in [6, 6.07) is 3.95. The van der Waals surface area contributed by atoms with Gasteiger partial charge in [-0.2, -0.15) is 0 Å². The first kappa shape index (κ1) is 11.5. The fourth-order valence-corrected chi connectivity index (χ4v) is 1.56. The van der Waals surface area contributed by atoms with Gasteiger partial charge < -0.3 is 5.32 Å². The molecule has 0 saturated carbocycles. The molecule has 0 amide bonds. The Morgan fingerprint density at radius 1 is 1.64 bits per heavy atom. The van der Waals surface area contributed by atoms with Crippen molar-refractivity contribution in [1.29, 1.82) is 0 Å². The van der Waals surface area contributed by atoms with E-state index < -0.39 is 0 Å². The van der Waals surface area contributed by atoms with E-state index in [1.807, 2.05) is 24.6 Å². The molecular formula is C9H12BrN3S. The van der Waals surface area contributed by atoms with E-state index in [4.69, 9.17) is 0 Å². The van der Waals surface area contributed by atoms with Crippen LogP contribution in [0.25, 0.3) is 0 Å². The predicted molar refractivity (Wildman–Crippen MR) is 65.7 cm³/mol. The maximum Gasteiger partial charge on any atom is 0.156 e. The van der Waals surface area contributed by atoms with Crippen LogP contribution in [0.3, 0.4) is 0 Å². The Morgan fingerprint density at radius 2 is 2.43 bits per heavy atom.